The summed E-state index contributed by atoms with van der Waals surface area (Å²) in [6.45, 7) is 1.85. The van der Waals surface area contributed by atoms with Crippen LogP contribution in [-0.2, 0) is 0 Å². The Morgan fingerprint density at radius 1 is 1.05 bits per heavy atom. The highest BCUT2D eigenvalue weighted by molar-refractivity contribution is 6.02. The minimum Gasteiger partial charge on any atom is -0.506 e. The molecule has 2 amide bonds. The standard InChI is InChI=1S/C16H18N2O4/c1-10-7-8-11(12(19)9-10)17-16(20)18-15-13(21-2)5-4-6-14(15)22-3/h4-9,19H,1-3H3,(H2,17,18,20). The van der Waals surface area contributed by atoms with Crippen molar-refractivity contribution < 1.29 is 19.4 Å². The van der Waals surface area contributed by atoms with E-state index in [1.807, 2.05) is 6.92 Å². The maximum atomic E-state index is 12.1. The summed E-state index contributed by atoms with van der Waals surface area (Å²) in [5.74, 6) is 0.951. The summed E-state index contributed by atoms with van der Waals surface area (Å²) in [5, 5.41) is 15.1. The van der Waals surface area contributed by atoms with Crippen LogP contribution in [0.15, 0.2) is 36.4 Å². The SMILES string of the molecule is COc1cccc(OC)c1NC(=O)Nc1ccc(C)cc1O. The number of hydrogen-bond donors (Lipinski definition) is 3. The molecule has 0 bridgehead atoms. The quantitative estimate of drug-likeness (QED) is 0.757. The predicted octanol–water partition coefficient (Wildman–Crippen LogP) is 3.36. The Bertz CT molecular complexity index is 664. The van der Waals surface area contributed by atoms with E-state index in [4.69, 9.17) is 9.47 Å². The van der Waals surface area contributed by atoms with Gasteiger partial charge >= 0.3 is 6.03 Å². The molecule has 0 spiro atoms. The molecule has 2 aromatic carbocycles. The van der Waals surface area contributed by atoms with Crippen molar-refractivity contribution in [2.75, 3.05) is 24.9 Å². The number of rotatable bonds is 4. The molecular weight excluding hydrogens is 284 g/mol. The van der Waals surface area contributed by atoms with Gasteiger partial charge in [0.2, 0.25) is 0 Å². The Labute approximate surface area is 128 Å². The number of phenols is 1. The van der Waals surface area contributed by atoms with Gasteiger partial charge in [-0.25, -0.2) is 4.79 Å². The number of methoxy groups -OCH3 is 2. The van der Waals surface area contributed by atoms with E-state index in [9.17, 15) is 9.90 Å². The van der Waals surface area contributed by atoms with Crippen LogP contribution in [0.4, 0.5) is 16.2 Å². The van der Waals surface area contributed by atoms with Gasteiger partial charge in [0.15, 0.2) is 0 Å². The van der Waals surface area contributed by atoms with Crippen LogP contribution in [0.25, 0.3) is 0 Å². The lowest BCUT2D eigenvalue weighted by Crippen LogP contribution is -2.20. The molecule has 0 fully saturated rings. The molecule has 0 saturated heterocycles. The molecule has 2 rings (SSSR count). The molecule has 6 heteroatoms. The summed E-state index contributed by atoms with van der Waals surface area (Å²) < 4.78 is 10.4. The van der Waals surface area contributed by atoms with E-state index in [-0.39, 0.29) is 5.75 Å². The van der Waals surface area contributed by atoms with Crippen molar-refractivity contribution >= 4 is 17.4 Å². The number of para-hydroxylation sites is 1. The van der Waals surface area contributed by atoms with E-state index in [1.54, 1.807) is 36.4 Å². The second-order valence-corrected chi connectivity index (χ2v) is 4.64. The zero-order chi connectivity index (χ0) is 16.1. The fourth-order valence-electron chi connectivity index (χ4n) is 1.99. The van der Waals surface area contributed by atoms with Gasteiger partial charge < -0.3 is 25.2 Å². The first-order valence-electron chi connectivity index (χ1n) is 6.63. The number of urea groups is 1. The van der Waals surface area contributed by atoms with Crippen molar-refractivity contribution in [1.29, 1.82) is 0 Å². The third-order valence-corrected chi connectivity index (χ3v) is 3.07. The lowest BCUT2D eigenvalue weighted by Gasteiger charge is -2.15. The zero-order valence-corrected chi connectivity index (χ0v) is 12.6. The van der Waals surface area contributed by atoms with Crippen molar-refractivity contribution in [2.45, 2.75) is 6.92 Å². The average Bonchev–Trinajstić information content (AvgIpc) is 2.50. The topological polar surface area (TPSA) is 79.8 Å². The van der Waals surface area contributed by atoms with Crippen molar-refractivity contribution in [3.05, 3.63) is 42.0 Å². The largest absolute Gasteiger partial charge is 0.506 e. The van der Waals surface area contributed by atoms with E-state index in [2.05, 4.69) is 10.6 Å². The molecule has 0 atom stereocenters. The van der Waals surface area contributed by atoms with E-state index in [0.717, 1.165) is 5.56 Å². The van der Waals surface area contributed by atoms with Crippen LogP contribution >= 0.6 is 0 Å². The van der Waals surface area contributed by atoms with Crippen LogP contribution in [-0.4, -0.2) is 25.4 Å². The molecule has 22 heavy (non-hydrogen) atoms. The van der Waals surface area contributed by atoms with E-state index in [1.165, 1.54) is 14.2 Å². The van der Waals surface area contributed by atoms with E-state index >= 15 is 0 Å². The summed E-state index contributed by atoms with van der Waals surface area (Å²) in [4.78, 5) is 12.1. The Morgan fingerprint density at radius 2 is 1.68 bits per heavy atom. The van der Waals surface area contributed by atoms with Crippen LogP contribution in [0, 0.1) is 6.92 Å². The van der Waals surface area contributed by atoms with Gasteiger partial charge in [0, 0.05) is 0 Å². The Balaban J connectivity index is 2.19. The number of hydrogen-bond acceptors (Lipinski definition) is 4. The summed E-state index contributed by atoms with van der Waals surface area (Å²) in [5.41, 5.74) is 1.63. The molecule has 3 N–H and O–H groups in total. The van der Waals surface area contributed by atoms with Crippen molar-refractivity contribution in [3.8, 4) is 17.2 Å². The van der Waals surface area contributed by atoms with Crippen molar-refractivity contribution in [1.82, 2.24) is 0 Å². The second-order valence-electron chi connectivity index (χ2n) is 4.64. The Kier molecular flexibility index (Phi) is 4.73. The van der Waals surface area contributed by atoms with Crippen molar-refractivity contribution in [2.24, 2.45) is 0 Å². The lowest BCUT2D eigenvalue weighted by molar-refractivity contribution is 0.261. The minimum atomic E-state index is -0.512. The first-order chi connectivity index (χ1) is 10.5. The van der Waals surface area contributed by atoms with Gasteiger partial charge in [0.25, 0.3) is 0 Å². The van der Waals surface area contributed by atoms with Crippen LogP contribution in [0.2, 0.25) is 0 Å². The molecule has 0 heterocycles. The number of nitrogens with one attached hydrogen (secondary N) is 2. The number of carbonyl (C=O) groups is 1. The minimum absolute atomic E-state index is 0.00198. The number of benzene rings is 2. The molecule has 0 aliphatic heterocycles. The Hall–Kier alpha value is -2.89. The summed E-state index contributed by atoms with van der Waals surface area (Å²) >= 11 is 0. The van der Waals surface area contributed by atoms with Crippen molar-refractivity contribution in [3.63, 3.8) is 0 Å². The number of aryl methyl sites for hydroxylation is 1. The normalized spacial score (nSPS) is 9.95. The third-order valence-electron chi connectivity index (χ3n) is 3.07. The molecule has 0 unspecified atom stereocenters. The lowest BCUT2D eigenvalue weighted by atomic mass is 10.2. The monoisotopic (exact) mass is 302 g/mol. The summed E-state index contributed by atoms with van der Waals surface area (Å²) in [7, 11) is 3.01. The fourth-order valence-corrected chi connectivity index (χ4v) is 1.99. The molecular formula is C16H18N2O4. The molecule has 0 aliphatic rings. The molecule has 0 radical (unpaired) electrons. The van der Waals surface area contributed by atoms with Gasteiger partial charge in [-0.2, -0.15) is 0 Å². The second kappa shape index (κ2) is 6.71. The highest BCUT2D eigenvalue weighted by Gasteiger charge is 2.14. The number of anilines is 2. The Morgan fingerprint density at radius 3 is 2.23 bits per heavy atom. The molecule has 0 aromatic heterocycles. The smallest absolute Gasteiger partial charge is 0.323 e. The van der Waals surface area contributed by atoms with Crippen LogP contribution < -0.4 is 20.1 Å². The number of amides is 2. The average molecular weight is 302 g/mol. The van der Waals surface area contributed by atoms with Gasteiger partial charge in [0.05, 0.1) is 19.9 Å². The molecule has 2 aromatic rings. The number of carbonyl (C=O) groups excluding carboxylic acids is 1. The van der Waals surface area contributed by atoms with Crippen LogP contribution in [0.3, 0.4) is 0 Å². The predicted molar refractivity (Wildman–Crippen MR) is 85.0 cm³/mol. The number of aromatic hydroxyl groups is 1. The van der Waals surface area contributed by atoms with E-state index in [0.29, 0.717) is 22.9 Å². The van der Waals surface area contributed by atoms with Crippen LogP contribution in [0.5, 0.6) is 17.2 Å². The third kappa shape index (κ3) is 3.41. The van der Waals surface area contributed by atoms with Gasteiger partial charge in [0.1, 0.15) is 22.9 Å². The van der Waals surface area contributed by atoms with Crippen LogP contribution in [0.1, 0.15) is 5.56 Å². The molecule has 116 valence electrons. The highest BCUT2D eigenvalue weighted by Crippen LogP contribution is 2.34. The first kappa shape index (κ1) is 15.5. The number of ether oxygens (including phenoxy) is 2. The molecule has 0 aliphatic carbocycles. The summed E-state index contributed by atoms with van der Waals surface area (Å²) in [6, 6.07) is 9.65. The van der Waals surface area contributed by atoms with E-state index < -0.39 is 6.03 Å². The summed E-state index contributed by atoms with van der Waals surface area (Å²) in [6.07, 6.45) is 0. The first-order valence-corrected chi connectivity index (χ1v) is 6.63. The maximum absolute atomic E-state index is 12.1. The maximum Gasteiger partial charge on any atom is 0.323 e. The van der Waals surface area contributed by atoms with Gasteiger partial charge in [-0.15, -0.1) is 0 Å². The molecule has 0 saturated carbocycles. The fraction of sp³-hybridized carbons (Fsp3) is 0.188. The van der Waals surface area contributed by atoms with Gasteiger partial charge in [-0.3, -0.25) is 0 Å². The van der Waals surface area contributed by atoms with Gasteiger partial charge in [-0.05, 0) is 36.8 Å². The molecule has 6 nitrogen and oxygen atoms in total. The van der Waals surface area contributed by atoms with Gasteiger partial charge in [-0.1, -0.05) is 12.1 Å². The highest BCUT2D eigenvalue weighted by atomic mass is 16.5. The number of phenolic OH excluding ortho intramolecular Hbond substituents is 1. The zero-order valence-electron chi connectivity index (χ0n) is 12.6.